The van der Waals surface area contributed by atoms with E-state index in [1.54, 1.807) is 18.2 Å². The molecule has 2 aliphatic heterocycles. The van der Waals surface area contributed by atoms with Gasteiger partial charge in [0.05, 0.1) is 0 Å². The fourth-order valence-electron chi connectivity index (χ4n) is 3.90. The van der Waals surface area contributed by atoms with Crippen LogP contribution in [0.4, 0.5) is 0 Å². The van der Waals surface area contributed by atoms with Crippen molar-refractivity contribution in [2.24, 2.45) is 5.92 Å². The number of rotatable bonds is 1. The number of hydrogen-bond donors (Lipinski definition) is 1. The molecule has 0 saturated carbocycles. The van der Waals surface area contributed by atoms with Crippen molar-refractivity contribution >= 4 is 5.91 Å². The molecule has 2 heterocycles. The van der Waals surface area contributed by atoms with Gasteiger partial charge >= 0.3 is 0 Å². The first-order chi connectivity index (χ1) is 10.1. The molecule has 1 N–H and O–H groups in total. The van der Waals surface area contributed by atoms with Gasteiger partial charge in [-0.3, -0.25) is 4.79 Å². The molecule has 0 radical (unpaired) electrons. The van der Waals surface area contributed by atoms with Crippen LogP contribution in [0.25, 0.3) is 0 Å². The first kappa shape index (κ1) is 14.4. The van der Waals surface area contributed by atoms with Crippen LogP contribution >= 0.6 is 0 Å². The number of aromatic hydroxyl groups is 1. The molecule has 4 nitrogen and oxygen atoms in total. The SMILES string of the molecule is Cc1cc(O)ccc1C(=O)N1CCC2C(CCCN2C)C1. The number of benzene rings is 1. The van der Waals surface area contributed by atoms with E-state index in [9.17, 15) is 9.90 Å². The smallest absolute Gasteiger partial charge is 0.254 e. The number of hydrogen-bond acceptors (Lipinski definition) is 3. The van der Waals surface area contributed by atoms with Crippen molar-refractivity contribution in [1.82, 2.24) is 9.80 Å². The number of nitrogens with zero attached hydrogens (tertiary/aromatic N) is 2. The second-order valence-electron chi connectivity index (χ2n) is 6.49. The largest absolute Gasteiger partial charge is 0.508 e. The molecule has 0 aliphatic carbocycles. The molecule has 21 heavy (non-hydrogen) atoms. The Morgan fingerprint density at radius 1 is 1.29 bits per heavy atom. The van der Waals surface area contributed by atoms with Gasteiger partial charge in [-0.1, -0.05) is 0 Å². The van der Waals surface area contributed by atoms with Gasteiger partial charge in [0.2, 0.25) is 0 Å². The molecule has 114 valence electrons. The van der Waals surface area contributed by atoms with E-state index in [-0.39, 0.29) is 11.7 Å². The van der Waals surface area contributed by atoms with Crippen LogP contribution in [-0.4, -0.2) is 53.5 Å². The maximum absolute atomic E-state index is 12.7. The average molecular weight is 288 g/mol. The number of carbonyl (C=O) groups is 1. The van der Waals surface area contributed by atoms with Gasteiger partial charge in [-0.25, -0.2) is 0 Å². The highest BCUT2D eigenvalue weighted by Gasteiger charge is 2.36. The van der Waals surface area contributed by atoms with Crippen molar-refractivity contribution in [1.29, 1.82) is 0 Å². The van der Waals surface area contributed by atoms with E-state index in [1.165, 1.54) is 19.4 Å². The molecule has 1 amide bonds. The summed E-state index contributed by atoms with van der Waals surface area (Å²) in [5.74, 6) is 0.940. The third kappa shape index (κ3) is 2.77. The van der Waals surface area contributed by atoms with E-state index in [0.29, 0.717) is 12.0 Å². The molecular formula is C17H24N2O2. The van der Waals surface area contributed by atoms with Crippen molar-refractivity contribution in [3.8, 4) is 5.75 Å². The molecule has 0 aromatic heterocycles. The first-order valence-corrected chi connectivity index (χ1v) is 7.85. The topological polar surface area (TPSA) is 43.8 Å². The second-order valence-corrected chi connectivity index (χ2v) is 6.49. The lowest BCUT2D eigenvalue weighted by atomic mass is 9.84. The quantitative estimate of drug-likeness (QED) is 0.862. The predicted molar refractivity (Wildman–Crippen MR) is 82.5 cm³/mol. The van der Waals surface area contributed by atoms with Gasteiger partial charge in [0.15, 0.2) is 0 Å². The number of piperidine rings is 2. The molecule has 2 saturated heterocycles. The van der Waals surface area contributed by atoms with E-state index in [4.69, 9.17) is 0 Å². The molecule has 4 heteroatoms. The van der Waals surface area contributed by atoms with Gasteiger partial charge in [0.1, 0.15) is 5.75 Å². The lowest BCUT2D eigenvalue weighted by molar-refractivity contribution is 0.0316. The number of amides is 1. The Hall–Kier alpha value is -1.55. The number of phenols is 1. The fraction of sp³-hybridized carbons (Fsp3) is 0.588. The predicted octanol–water partition coefficient (Wildman–Crippen LogP) is 2.26. The lowest BCUT2D eigenvalue weighted by Crippen LogP contribution is -2.53. The summed E-state index contributed by atoms with van der Waals surface area (Å²) < 4.78 is 0. The zero-order valence-electron chi connectivity index (χ0n) is 12.9. The van der Waals surface area contributed by atoms with Gasteiger partial charge in [0, 0.05) is 24.7 Å². The summed E-state index contributed by atoms with van der Waals surface area (Å²) in [6.45, 7) is 4.78. The Morgan fingerprint density at radius 2 is 2.10 bits per heavy atom. The Morgan fingerprint density at radius 3 is 2.86 bits per heavy atom. The van der Waals surface area contributed by atoms with Crippen LogP contribution in [0.15, 0.2) is 18.2 Å². The average Bonchev–Trinajstić information content (AvgIpc) is 2.46. The summed E-state index contributed by atoms with van der Waals surface area (Å²) in [6, 6.07) is 5.64. The van der Waals surface area contributed by atoms with Gasteiger partial charge < -0.3 is 14.9 Å². The number of likely N-dealkylation sites (tertiary alicyclic amines) is 2. The highest BCUT2D eigenvalue weighted by molar-refractivity contribution is 5.95. The number of fused-ring (bicyclic) bond motifs is 1. The van der Waals surface area contributed by atoms with Crippen molar-refractivity contribution in [3.05, 3.63) is 29.3 Å². The van der Waals surface area contributed by atoms with Crippen LogP contribution in [0.2, 0.25) is 0 Å². The van der Waals surface area contributed by atoms with Crippen molar-refractivity contribution in [3.63, 3.8) is 0 Å². The highest BCUT2D eigenvalue weighted by Crippen LogP contribution is 2.30. The van der Waals surface area contributed by atoms with Crippen LogP contribution < -0.4 is 0 Å². The third-order valence-electron chi connectivity index (χ3n) is 5.07. The first-order valence-electron chi connectivity index (χ1n) is 7.85. The minimum atomic E-state index is 0.110. The fourth-order valence-corrected chi connectivity index (χ4v) is 3.90. The van der Waals surface area contributed by atoms with Gasteiger partial charge in [-0.15, -0.1) is 0 Å². The molecule has 0 bridgehead atoms. The molecule has 2 atom stereocenters. The molecule has 2 aliphatic rings. The summed E-state index contributed by atoms with van der Waals surface area (Å²) in [6.07, 6.45) is 3.54. The number of aryl methyl sites for hydroxylation is 1. The minimum absolute atomic E-state index is 0.110. The van der Waals surface area contributed by atoms with E-state index in [1.807, 2.05) is 11.8 Å². The van der Waals surface area contributed by atoms with Crippen molar-refractivity contribution in [2.45, 2.75) is 32.2 Å². The molecule has 1 aromatic carbocycles. The summed E-state index contributed by atoms with van der Waals surface area (Å²) in [5, 5.41) is 9.48. The standard InChI is InChI=1S/C17H24N2O2/c1-12-10-14(20)5-6-15(12)17(21)19-9-7-16-13(11-19)4-3-8-18(16)2/h5-6,10,13,16,20H,3-4,7-9,11H2,1-2H3. The highest BCUT2D eigenvalue weighted by atomic mass is 16.3. The van der Waals surface area contributed by atoms with Crippen LogP contribution in [0.5, 0.6) is 5.75 Å². The van der Waals surface area contributed by atoms with Gasteiger partial charge in [-0.2, -0.15) is 0 Å². The van der Waals surface area contributed by atoms with Crippen LogP contribution in [-0.2, 0) is 0 Å². The maximum atomic E-state index is 12.7. The Labute approximate surface area is 126 Å². The molecule has 1 aromatic rings. The van der Waals surface area contributed by atoms with Crippen molar-refractivity contribution < 1.29 is 9.90 Å². The lowest BCUT2D eigenvalue weighted by Gasteiger charge is -2.46. The maximum Gasteiger partial charge on any atom is 0.254 e. The monoisotopic (exact) mass is 288 g/mol. The normalized spacial score (nSPS) is 26.5. The summed E-state index contributed by atoms with van der Waals surface area (Å²) in [7, 11) is 2.21. The number of carbonyl (C=O) groups excluding carboxylic acids is 1. The van der Waals surface area contributed by atoms with Crippen molar-refractivity contribution in [2.75, 3.05) is 26.7 Å². The Kier molecular flexibility index (Phi) is 3.89. The second kappa shape index (κ2) is 5.68. The molecule has 2 fully saturated rings. The zero-order chi connectivity index (χ0) is 15.0. The summed E-state index contributed by atoms with van der Waals surface area (Å²) in [4.78, 5) is 17.2. The van der Waals surface area contributed by atoms with E-state index < -0.39 is 0 Å². The molecule has 0 spiro atoms. The third-order valence-corrected chi connectivity index (χ3v) is 5.07. The van der Waals surface area contributed by atoms with Gasteiger partial charge in [-0.05, 0) is 69.5 Å². The molecule has 3 rings (SSSR count). The van der Waals surface area contributed by atoms with E-state index in [2.05, 4.69) is 11.9 Å². The minimum Gasteiger partial charge on any atom is -0.508 e. The molecule has 2 unspecified atom stereocenters. The molecular weight excluding hydrogens is 264 g/mol. The van der Waals surface area contributed by atoms with Crippen LogP contribution in [0.3, 0.4) is 0 Å². The summed E-state index contributed by atoms with van der Waals surface area (Å²) >= 11 is 0. The summed E-state index contributed by atoms with van der Waals surface area (Å²) in [5.41, 5.74) is 1.57. The van der Waals surface area contributed by atoms with Crippen LogP contribution in [0, 0.1) is 12.8 Å². The van der Waals surface area contributed by atoms with E-state index in [0.717, 1.165) is 30.6 Å². The Bertz CT molecular complexity index is 544. The van der Waals surface area contributed by atoms with Gasteiger partial charge in [0.25, 0.3) is 5.91 Å². The van der Waals surface area contributed by atoms with E-state index >= 15 is 0 Å². The van der Waals surface area contributed by atoms with Crippen LogP contribution in [0.1, 0.15) is 35.2 Å². The zero-order valence-corrected chi connectivity index (χ0v) is 12.9. The Balaban J connectivity index is 1.74. The number of phenolic OH excluding ortho intramolecular Hbond substituents is 1.